The number of nitrogens with one attached hydrogen (secondary N) is 1. The van der Waals surface area contributed by atoms with Crippen LogP contribution in [0.5, 0.6) is 0 Å². The number of hydrogen-bond donors (Lipinski definition) is 1. The molecule has 0 spiro atoms. The van der Waals surface area contributed by atoms with Gasteiger partial charge in [0.15, 0.2) is 5.16 Å². The molecule has 1 aliphatic rings. The van der Waals surface area contributed by atoms with Crippen molar-refractivity contribution in [2.24, 2.45) is 7.05 Å². The molecule has 0 bridgehead atoms. The molecule has 138 valence electrons. The van der Waals surface area contributed by atoms with Crippen molar-refractivity contribution in [2.45, 2.75) is 24.5 Å². The van der Waals surface area contributed by atoms with E-state index in [9.17, 15) is 9.59 Å². The van der Waals surface area contributed by atoms with Gasteiger partial charge in [0, 0.05) is 7.05 Å². The molecule has 1 N–H and O–H groups in total. The van der Waals surface area contributed by atoms with Crippen LogP contribution >= 0.6 is 11.8 Å². The lowest BCUT2D eigenvalue weighted by atomic mass is 9.96. The van der Waals surface area contributed by atoms with Gasteiger partial charge in [-0.25, -0.2) is 4.98 Å². The van der Waals surface area contributed by atoms with Crippen molar-refractivity contribution in [3.63, 3.8) is 0 Å². The van der Waals surface area contributed by atoms with Crippen LogP contribution in [0.3, 0.4) is 0 Å². The smallest absolute Gasteiger partial charge is 0.250 e. The predicted octanol–water partition coefficient (Wildman–Crippen LogP) is 3.43. The molecule has 0 fully saturated rings. The zero-order chi connectivity index (χ0) is 19.2. The van der Waals surface area contributed by atoms with E-state index in [2.05, 4.69) is 10.3 Å². The third kappa shape index (κ3) is 2.88. The van der Waals surface area contributed by atoms with Gasteiger partial charge < -0.3 is 9.88 Å². The maximum atomic E-state index is 13.1. The summed E-state index contributed by atoms with van der Waals surface area (Å²) in [5, 5.41) is 3.65. The molecular weight excluding hydrogens is 360 g/mol. The summed E-state index contributed by atoms with van der Waals surface area (Å²) in [6.07, 6.45) is 0. The molecule has 0 unspecified atom stereocenters. The van der Waals surface area contributed by atoms with Crippen molar-refractivity contribution >= 4 is 46.0 Å². The molecule has 1 aromatic heterocycles. The summed E-state index contributed by atoms with van der Waals surface area (Å²) in [4.78, 5) is 31.8. The summed E-state index contributed by atoms with van der Waals surface area (Å²) in [6.45, 7) is 3.52. The van der Waals surface area contributed by atoms with Crippen molar-refractivity contribution in [1.29, 1.82) is 0 Å². The van der Waals surface area contributed by atoms with Crippen LogP contribution in [0.1, 0.15) is 13.8 Å². The van der Waals surface area contributed by atoms with E-state index in [4.69, 9.17) is 0 Å². The maximum absolute atomic E-state index is 13.1. The number of aromatic nitrogens is 2. The third-order valence-electron chi connectivity index (χ3n) is 4.83. The number of nitrogens with zero attached hydrogens (tertiary/aromatic N) is 3. The fourth-order valence-corrected chi connectivity index (χ4v) is 4.18. The zero-order valence-electron chi connectivity index (χ0n) is 15.4. The lowest BCUT2D eigenvalue weighted by Crippen LogP contribution is -2.59. The first-order chi connectivity index (χ1) is 12.9. The Hall–Kier alpha value is -2.80. The Morgan fingerprint density at radius 1 is 1.15 bits per heavy atom. The second-order valence-electron chi connectivity index (χ2n) is 6.99. The molecule has 0 radical (unpaired) electrons. The van der Waals surface area contributed by atoms with E-state index >= 15 is 0 Å². The van der Waals surface area contributed by atoms with E-state index in [1.165, 1.54) is 11.8 Å². The van der Waals surface area contributed by atoms with Gasteiger partial charge >= 0.3 is 0 Å². The lowest BCUT2D eigenvalue weighted by Gasteiger charge is -2.42. The van der Waals surface area contributed by atoms with E-state index in [1.807, 2.05) is 54.1 Å². The number of rotatable bonds is 3. The molecule has 0 saturated heterocycles. The summed E-state index contributed by atoms with van der Waals surface area (Å²) in [5.41, 5.74) is 2.34. The van der Waals surface area contributed by atoms with Gasteiger partial charge in [0.2, 0.25) is 11.8 Å². The molecule has 2 aromatic carbocycles. The van der Waals surface area contributed by atoms with Crippen LogP contribution in [0.15, 0.2) is 53.7 Å². The molecule has 7 heteroatoms. The summed E-state index contributed by atoms with van der Waals surface area (Å²) >= 11 is 1.38. The molecule has 27 heavy (non-hydrogen) atoms. The number of hydrogen-bond acceptors (Lipinski definition) is 4. The van der Waals surface area contributed by atoms with Crippen molar-refractivity contribution < 1.29 is 9.59 Å². The van der Waals surface area contributed by atoms with Crippen LogP contribution in [-0.4, -0.2) is 32.7 Å². The van der Waals surface area contributed by atoms with Gasteiger partial charge in [0.25, 0.3) is 0 Å². The molecule has 1 aliphatic heterocycles. The van der Waals surface area contributed by atoms with Crippen LogP contribution in [0.4, 0.5) is 11.4 Å². The summed E-state index contributed by atoms with van der Waals surface area (Å²) < 4.78 is 1.98. The first-order valence-electron chi connectivity index (χ1n) is 8.67. The zero-order valence-corrected chi connectivity index (χ0v) is 16.2. The molecule has 0 atom stereocenters. The number of carbonyl (C=O) groups is 2. The van der Waals surface area contributed by atoms with Crippen LogP contribution in [-0.2, 0) is 16.6 Å². The first kappa shape index (κ1) is 17.6. The number of amides is 2. The van der Waals surface area contributed by atoms with Crippen molar-refractivity contribution in [1.82, 2.24) is 9.55 Å². The van der Waals surface area contributed by atoms with Crippen LogP contribution in [0.2, 0.25) is 0 Å². The minimum absolute atomic E-state index is 0.126. The van der Waals surface area contributed by atoms with Gasteiger partial charge in [-0.2, -0.15) is 0 Å². The number of thioether (sulfide) groups is 1. The van der Waals surface area contributed by atoms with E-state index < -0.39 is 5.54 Å². The predicted molar refractivity (Wildman–Crippen MR) is 108 cm³/mol. The highest BCUT2D eigenvalue weighted by molar-refractivity contribution is 7.99. The number of benzene rings is 2. The molecule has 3 aromatic rings. The highest BCUT2D eigenvalue weighted by atomic mass is 32.2. The van der Waals surface area contributed by atoms with Gasteiger partial charge in [-0.15, -0.1) is 0 Å². The van der Waals surface area contributed by atoms with Crippen LogP contribution in [0, 0.1) is 0 Å². The Morgan fingerprint density at radius 2 is 1.85 bits per heavy atom. The van der Waals surface area contributed by atoms with Crippen LogP contribution in [0.25, 0.3) is 11.0 Å². The minimum Gasteiger partial charge on any atom is -0.322 e. The molecule has 4 rings (SSSR count). The van der Waals surface area contributed by atoms with Crippen LogP contribution < -0.4 is 10.2 Å². The topological polar surface area (TPSA) is 67.2 Å². The Balaban J connectivity index is 1.62. The minimum atomic E-state index is -0.960. The second-order valence-corrected chi connectivity index (χ2v) is 7.93. The van der Waals surface area contributed by atoms with Gasteiger partial charge in [-0.3, -0.25) is 14.5 Å². The molecule has 2 heterocycles. The molecule has 2 amide bonds. The van der Waals surface area contributed by atoms with Gasteiger partial charge in [0.05, 0.1) is 28.2 Å². The number of fused-ring (bicyclic) bond motifs is 2. The Kier molecular flexibility index (Phi) is 4.19. The van der Waals surface area contributed by atoms with E-state index in [-0.39, 0.29) is 17.6 Å². The number of aryl methyl sites for hydroxylation is 1. The van der Waals surface area contributed by atoms with E-state index in [0.29, 0.717) is 5.69 Å². The summed E-state index contributed by atoms with van der Waals surface area (Å²) in [7, 11) is 1.94. The number of imidazole rings is 1. The van der Waals surface area contributed by atoms with Crippen molar-refractivity contribution in [3.05, 3.63) is 48.5 Å². The molecule has 0 aliphatic carbocycles. The average molecular weight is 380 g/mol. The van der Waals surface area contributed by atoms with E-state index in [0.717, 1.165) is 21.9 Å². The van der Waals surface area contributed by atoms with Gasteiger partial charge in [-0.1, -0.05) is 36.0 Å². The highest BCUT2D eigenvalue weighted by Gasteiger charge is 2.43. The normalized spacial score (nSPS) is 15.5. The lowest BCUT2D eigenvalue weighted by molar-refractivity contribution is -0.125. The SMILES string of the molecule is Cn1c(SCC(=O)N2c3ccccc3NC(=O)C2(C)C)nc2ccccc21. The highest BCUT2D eigenvalue weighted by Crippen LogP contribution is 2.37. The maximum Gasteiger partial charge on any atom is 0.250 e. The van der Waals surface area contributed by atoms with Crippen molar-refractivity contribution in [3.8, 4) is 0 Å². The van der Waals surface area contributed by atoms with E-state index in [1.54, 1.807) is 24.8 Å². The Labute approximate surface area is 161 Å². The summed E-state index contributed by atoms with van der Waals surface area (Å²) in [6, 6.07) is 15.2. The Bertz CT molecular complexity index is 1060. The Morgan fingerprint density at radius 3 is 2.63 bits per heavy atom. The standard InChI is InChI=1S/C20H20N4O2S/c1-20(2)18(26)21-14-9-5-7-11-16(14)24(20)17(25)12-27-19-22-13-8-4-6-10-15(13)23(19)3/h4-11H,12H2,1-3H3,(H,21,26). The number of anilines is 2. The third-order valence-corrected chi connectivity index (χ3v) is 5.84. The second kappa shape index (κ2) is 6.42. The molecule has 6 nitrogen and oxygen atoms in total. The van der Waals surface area contributed by atoms with Crippen molar-refractivity contribution in [2.75, 3.05) is 16.0 Å². The van der Waals surface area contributed by atoms with Gasteiger partial charge in [0.1, 0.15) is 5.54 Å². The molecule has 0 saturated carbocycles. The van der Waals surface area contributed by atoms with Gasteiger partial charge in [-0.05, 0) is 38.1 Å². The first-order valence-corrected chi connectivity index (χ1v) is 9.66. The fourth-order valence-electron chi connectivity index (χ4n) is 3.34. The number of carbonyl (C=O) groups excluding carboxylic acids is 2. The number of para-hydroxylation sites is 4. The fraction of sp³-hybridized carbons (Fsp3) is 0.250. The monoisotopic (exact) mass is 380 g/mol. The average Bonchev–Trinajstić information content (AvgIpc) is 2.97. The largest absolute Gasteiger partial charge is 0.322 e. The quantitative estimate of drug-likeness (QED) is 0.707. The molecular formula is C20H20N4O2S. The summed E-state index contributed by atoms with van der Waals surface area (Å²) in [5.74, 6) is -0.121.